The zero-order valence-corrected chi connectivity index (χ0v) is 37.1. The molecule has 1 saturated heterocycles. The van der Waals surface area contributed by atoms with Crippen LogP contribution in [0.15, 0.2) is 41.9 Å². The minimum atomic E-state index is -0.444. The molecule has 6 unspecified atom stereocenters. The van der Waals surface area contributed by atoms with Crippen LogP contribution in [-0.2, 0) is 30.3 Å². The normalized spacial score (nSPS) is 18.1. The molecule has 11 nitrogen and oxygen atoms in total. The van der Waals surface area contributed by atoms with Crippen molar-refractivity contribution in [2.24, 2.45) is 23.3 Å². The van der Waals surface area contributed by atoms with Crippen molar-refractivity contribution in [3.63, 3.8) is 0 Å². The Balaban J connectivity index is 0.00000111. The lowest BCUT2D eigenvalue weighted by atomic mass is 9.90. The molecule has 4 rings (SSSR count). The number of thiocarbonyl (C=S) groups is 1. The number of aromatic nitrogens is 1. The minimum Gasteiger partial charge on any atom is -0.396 e. The number of hydrogen-bond donors (Lipinski definition) is 3. The number of rotatable bonds is 15. The van der Waals surface area contributed by atoms with Crippen LogP contribution in [0.1, 0.15) is 103 Å². The highest BCUT2D eigenvalue weighted by molar-refractivity contribution is 7.78. The molecule has 2 fully saturated rings. The predicted octanol–water partition coefficient (Wildman–Crippen LogP) is 6.60. The van der Waals surface area contributed by atoms with Crippen molar-refractivity contribution in [3.8, 4) is 0 Å². The maximum atomic E-state index is 13.6. The van der Waals surface area contributed by atoms with Gasteiger partial charge >= 0.3 is 0 Å². The highest BCUT2D eigenvalue weighted by Gasteiger charge is 2.40. The number of likely N-dealkylation sites (N-methyl/N-ethyl adjacent to an activating group) is 2. The van der Waals surface area contributed by atoms with E-state index >= 15 is 0 Å². The fourth-order valence-electron chi connectivity index (χ4n) is 6.96. The number of likely N-dealkylation sites (tertiary alicyclic amines) is 1. The van der Waals surface area contributed by atoms with Crippen molar-refractivity contribution in [1.29, 1.82) is 0 Å². The molecule has 1 aromatic heterocycles. The van der Waals surface area contributed by atoms with Gasteiger partial charge in [-0.2, -0.15) is 0 Å². The molecule has 2 amide bonds. The molecule has 2 aromatic rings. The van der Waals surface area contributed by atoms with E-state index in [1.807, 2.05) is 41.7 Å². The second-order valence-electron chi connectivity index (χ2n) is 14.5. The summed E-state index contributed by atoms with van der Waals surface area (Å²) in [5.41, 5.74) is 12.1. The highest BCUT2D eigenvalue weighted by atomic mass is 32.1. The van der Waals surface area contributed by atoms with E-state index in [2.05, 4.69) is 81.9 Å². The van der Waals surface area contributed by atoms with Crippen LogP contribution in [-0.4, -0.2) is 110 Å². The number of ether oxygens (including phenoxy) is 2. The summed E-state index contributed by atoms with van der Waals surface area (Å²) < 4.78 is 11.8. The van der Waals surface area contributed by atoms with Gasteiger partial charge in [-0.05, 0) is 51.5 Å². The van der Waals surface area contributed by atoms with Gasteiger partial charge in [0.15, 0.2) is 0 Å². The Bertz CT molecular complexity index is 1280. The fraction of sp³-hybridized carbons (Fsp3) is 0.690. The molecule has 1 aliphatic heterocycles. The number of carbonyl (C=O) groups excluding carboxylic acids is 3. The third kappa shape index (κ3) is 19.8. The van der Waals surface area contributed by atoms with Gasteiger partial charge in [-0.3, -0.25) is 9.59 Å². The molecule has 0 bridgehead atoms. The average molecular weight is 807 g/mol. The Kier molecular flexibility index (Phi) is 28.8. The van der Waals surface area contributed by atoms with Gasteiger partial charge in [0.25, 0.3) is 0 Å². The van der Waals surface area contributed by atoms with Gasteiger partial charge in [0.05, 0.1) is 53.3 Å². The van der Waals surface area contributed by atoms with Crippen molar-refractivity contribution in [2.75, 3.05) is 41.4 Å². The van der Waals surface area contributed by atoms with Crippen LogP contribution in [0.25, 0.3) is 0 Å². The molecule has 1 saturated carbocycles. The molecule has 314 valence electrons. The van der Waals surface area contributed by atoms with Crippen LogP contribution in [0.4, 0.5) is 0 Å². The zero-order chi connectivity index (χ0) is 41.8. The van der Waals surface area contributed by atoms with Crippen molar-refractivity contribution in [3.05, 3.63) is 52.5 Å². The molecule has 2 aliphatic rings. The van der Waals surface area contributed by atoms with E-state index in [-0.39, 0.29) is 60.9 Å². The van der Waals surface area contributed by atoms with E-state index in [0.29, 0.717) is 0 Å². The largest absolute Gasteiger partial charge is 0.396 e. The quantitative estimate of drug-likeness (QED) is 0.133. The van der Waals surface area contributed by atoms with E-state index in [0.717, 1.165) is 74.7 Å². The molecule has 6 atom stereocenters. The monoisotopic (exact) mass is 807 g/mol. The van der Waals surface area contributed by atoms with Gasteiger partial charge in [0.1, 0.15) is 6.29 Å². The lowest BCUT2D eigenvalue weighted by Crippen LogP contribution is -2.53. The van der Waals surface area contributed by atoms with Crippen LogP contribution >= 0.6 is 23.6 Å². The number of aldehydes is 1. The van der Waals surface area contributed by atoms with Gasteiger partial charge in [0, 0.05) is 45.8 Å². The maximum Gasteiger partial charge on any atom is 0.236 e. The van der Waals surface area contributed by atoms with E-state index in [9.17, 15) is 14.4 Å². The standard InChI is InChI=1S/C25H44N4O4S.C7H8.C6H11NO.C3H8.CH3NS/c1-8-17(2)24(28(5)23(31)16-26-4)20(32-6)15-22(30)29-12-9-10-19(29)25(33-7)18(3)14-21-27-11-13-34-21;1-7-5-3-2-4-6-7;7-6(5-8)3-1-2-4-6;1-3-2;2-1-3/h11,13,17-20,24-26H,8-10,12,14-16H2,1-7H3;2-6H,1H3;5H,1-4,7H2;3H2,1-2H3;1H,(H2,2,3). The molecule has 5 N–H and O–H groups in total. The summed E-state index contributed by atoms with van der Waals surface area (Å²) in [7, 11) is 6.95. The van der Waals surface area contributed by atoms with Crippen LogP contribution in [0.5, 0.6) is 0 Å². The van der Waals surface area contributed by atoms with Crippen molar-refractivity contribution in [1.82, 2.24) is 20.1 Å². The first-order valence-corrected chi connectivity index (χ1v) is 21.2. The maximum absolute atomic E-state index is 13.6. The molecule has 0 radical (unpaired) electrons. The number of benzene rings is 1. The number of nitrogens with two attached hydrogens (primary N) is 2. The number of amides is 2. The van der Waals surface area contributed by atoms with Crippen LogP contribution < -0.4 is 16.8 Å². The second kappa shape index (κ2) is 30.3. The summed E-state index contributed by atoms with van der Waals surface area (Å²) in [5, 5.41) is 6.01. The molecule has 2 heterocycles. The van der Waals surface area contributed by atoms with Gasteiger partial charge in [0.2, 0.25) is 11.8 Å². The van der Waals surface area contributed by atoms with Crippen molar-refractivity contribution >= 4 is 47.1 Å². The van der Waals surface area contributed by atoms with Crippen molar-refractivity contribution < 1.29 is 23.9 Å². The van der Waals surface area contributed by atoms with Crippen molar-refractivity contribution in [2.45, 2.75) is 136 Å². The van der Waals surface area contributed by atoms with Crippen LogP contribution in [0.3, 0.4) is 0 Å². The van der Waals surface area contributed by atoms with Crippen LogP contribution in [0.2, 0.25) is 0 Å². The Hall–Kier alpha value is -2.81. The number of carbonyl (C=O) groups is 3. The summed E-state index contributed by atoms with van der Waals surface area (Å²) in [6.07, 6.45) is 11.4. The Morgan fingerprint density at radius 2 is 1.71 bits per heavy atom. The van der Waals surface area contributed by atoms with Gasteiger partial charge in [-0.25, -0.2) is 4.98 Å². The summed E-state index contributed by atoms with van der Waals surface area (Å²) >= 11 is 5.70. The Morgan fingerprint density at radius 3 is 2.13 bits per heavy atom. The topological polar surface area (TPSA) is 153 Å². The first kappa shape index (κ1) is 52.2. The highest BCUT2D eigenvalue weighted by Crippen LogP contribution is 2.30. The molecular formula is C42H74N6O5S2. The van der Waals surface area contributed by atoms with E-state index < -0.39 is 5.54 Å². The number of nitrogens with zero attached hydrogens (tertiary/aromatic N) is 3. The summed E-state index contributed by atoms with van der Waals surface area (Å²) in [4.78, 5) is 44.6. The number of hydrogen-bond acceptors (Lipinski definition) is 10. The number of methoxy groups -OCH3 is 2. The SMILES string of the molecule is CCC.CCC(C)C(C(CC(=O)N1CCCC1C(OC)C(C)Cc1nccs1)OC)N(C)C(=O)CNC.Cc1ccccc1.NC1(C=O)CCCC1.NC=S. The average Bonchev–Trinajstić information content (AvgIpc) is 3.97. The van der Waals surface area contributed by atoms with E-state index in [1.54, 1.807) is 37.5 Å². The lowest BCUT2D eigenvalue weighted by molar-refractivity contribution is -0.144. The minimum absolute atomic E-state index is 0.00296. The zero-order valence-electron chi connectivity index (χ0n) is 35.5. The van der Waals surface area contributed by atoms with Gasteiger partial charge in [-0.1, -0.05) is 108 Å². The Morgan fingerprint density at radius 1 is 1.11 bits per heavy atom. The first-order chi connectivity index (χ1) is 26.3. The van der Waals surface area contributed by atoms with Gasteiger partial charge < -0.3 is 40.9 Å². The predicted molar refractivity (Wildman–Crippen MR) is 232 cm³/mol. The number of aryl methyl sites for hydroxylation is 1. The van der Waals surface area contributed by atoms with Gasteiger partial charge in [-0.15, -0.1) is 11.3 Å². The summed E-state index contributed by atoms with van der Waals surface area (Å²) in [6, 6.07) is 10.1. The summed E-state index contributed by atoms with van der Waals surface area (Å²) in [6.45, 7) is 13.7. The molecule has 13 heteroatoms. The fourth-order valence-corrected chi connectivity index (χ4v) is 7.72. The number of nitrogens with one attached hydrogen (secondary N) is 1. The summed E-state index contributed by atoms with van der Waals surface area (Å²) in [5.74, 6) is 0.506. The lowest BCUT2D eigenvalue weighted by Gasteiger charge is -2.39. The molecule has 55 heavy (non-hydrogen) atoms. The smallest absolute Gasteiger partial charge is 0.236 e. The molecule has 0 spiro atoms. The van der Waals surface area contributed by atoms with Crippen LogP contribution in [0, 0.1) is 18.8 Å². The van der Waals surface area contributed by atoms with E-state index in [1.165, 1.54) is 12.0 Å². The molecule has 1 aliphatic carbocycles. The second-order valence-corrected chi connectivity index (χ2v) is 15.8. The van der Waals surface area contributed by atoms with E-state index in [4.69, 9.17) is 15.2 Å². The number of thiazole rings is 1. The molecular weight excluding hydrogens is 733 g/mol. The third-order valence-corrected chi connectivity index (χ3v) is 10.8. The molecule has 1 aromatic carbocycles. The first-order valence-electron chi connectivity index (χ1n) is 19.8. The third-order valence-electron chi connectivity index (χ3n) is 9.98. The Labute approximate surface area is 342 Å².